The Morgan fingerprint density at radius 2 is 1.26 bits per heavy atom. The van der Waals surface area contributed by atoms with Crippen LogP contribution in [0.3, 0.4) is 0 Å². The van der Waals surface area contributed by atoms with Crippen LogP contribution in [0.2, 0.25) is 0 Å². The highest BCUT2D eigenvalue weighted by molar-refractivity contribution is 5.91. The fourth-order valence-electron chi connectivity index (χ4n) is 3.49. The molecule has 4 aromatic rings. The average molecular weight is 350 g/mol. The summed E-state index contributed by atoms with van der Waals surface area (Å²) in [7, 11) is 0. The summed E-state index contributed by atoms with van der Waals surface area (Å²) in [5.74, 6) is -0.462. The number of benzene rings is 4. The monoisotopic (exact) mass is 350 g/mol. The molecule has 0 atom stereocenters. The lowest BCUT2D eigenvalue weighted by Gasteiger charge is -2.21. The maximum absolute atomic E-state index is 12.3. The molecule has 0 bridgehead atoms. The quantitative estimate of drug-likeness (QED) is 0.258. The highest BCUT2D eigenvalue weighted by Crippen LogP contribution is 2.35. The van der Waals surface area contributed by atoms with E-state index in [0.29, 0.717) is 0 Å². The van der Waals surface area contributed by atoms with Gasteiger partial charge in [-0.3, -0.25) is 0 Å². The molecule has 130 valence electrons. The van der Waals surface area contributed by atoms with Gasteiger partial charge < -0.3 is 4.74 Å². The fraction of sp³-hybridized carbons (Fsp3) is 0.0400. The molecular weight excluding hydrogens is 332 g/mol. The number of carbonyl (C=O) groups excluding carboxylic acids is 1. The van der Waals surface area contributed by atoms with Crippen LogP contribution in [-0.4, -0.2) is 5.97 Å². The Labute approximate surface area is 158 Å². The maximum atomic E-state index is 12.3. The Kier molecular flexibility index (Phi) is 4.57. The van der Waals surface area contributed by atoms with Crippen molar-refractivity contribution in [2.24, 2.45) is 0 Å². The van der Waals surface area contributed by atoms with Gasteiger partial charge in [-0.25, -0.2) is 4.79 Å². The van der Waals surface area contributed by atoms with Crippen molar-refractivity contribution in [3.05, 3.63) is 114 Å². The van der Waals surface area contributed by atoms with Gasteiger partial charge in [-0.15, -0.1) is 5.73 Å². The van der Waals surface area contributed by atoms with Gasteiger partial charge in [0.05, 0.1) is 6.08 Å². The van der Waals surface area contributed by atoms with Crippen LogP contribution in [0.1, 0.15) is 17.2 Å². The van der Waals surface area contributed by atoms with Crippen molar-refractivity contribution >= 4 is 27.5 Å². The number of rotatable bonds is 4. The standard InChI is InChI=1S/C25H18O2/c1-2-9-24(26)27-25(22-16-7-12-18-10-3-5-14-20(18)22)23-17-8-13-19-11-4-6-15-21(19)23/h3-17,25H,1H2. The molecule has 27 heavy (non-hydrogen) atoms. The minimum atomic E-state index is -0.528. The summed E-state index contributed by atoms with van der Waals surface area (Å²) < 4.78 is 5.88. The van der Waals surface area contributed by atoms with Gasteiger partial charge in [-0.2, -0.15) is 0 Å². The molecule has 0 radical (unpaired) electrons. The van der Waals surface area contributed by atoms with Crippen LogP contribution in [0.4, 0.5) is 0 Å². The number of carbonyl (C=O) groups is 1. The number of esters is 1. The molecule has 0 unspecified atom stereocenters. The van der Waals surface area contributed by atoms with Gasteiger partial charge >= 0.3 is 5.97 Å². The van der Waals surface area contributed by atoms with E-state index in [9.17, 15) is 4.79 Å². The summed E-state index contributed by atoms with van der Waals surface area (Å²) in [5, 5.41) is 4.34. The molecule has 0 aliphatic carbocycles. The van der Waals surface area contributed by atoms with E-state index in [-0.39, 0.29) is 0 Å². The first-order valence-corrected chi connectivity index (χ1v) is 8.79. The Bertz CT molecular complexity index is 1090. The van der Waals surface area contributed by atoms with E-state index < -0.39 is 12.1 Å². The summed E-state index contributed by atoms with van der Waals surface area (Å²) in [6.45, 7) is 3.47. The molecule has 4 aromatic carbocycles. The van der Waals surface area contributed by atoms with Crippen molar-refractivity contribution in [2.45, 2.75) is 6.10 Å². The molecule has 4 rings (SSSR count). The highest BCUT2D eigenvalue weighted by atomic mass is 16.5. The molecule has 0 saturated heterocycles. The zero-order valence-corrected chi connectivity index (χ0v) is 14.8. The molecule has 0 aliphatic heterocycles. The van der Waals surface area contributed by atoms with Gasteiger partial charge in [-0.05, 0) is 21.5 Å². The van der Waals surface area contributed by atoms with E-state index in [0.717, 1.165) is 32.7 Å². The van der Waals surface area contributed by atoms with E-state index in [1.165, 1.54) is 6.08 Å². The van der Waals surface area contributed by atoms with Crippen LogP contribution >= 0.6 is 0 Å². The normalized spacial score (nSPS) is 10.7. The molecule has 0 saturated carbocycles. The first-order chi connectivity index (χ1) is 13.3. The van der Waals surface area contributed by atoms with Crippen LogP contribution < -0.4 is 0 Å². The molecule has 2 nitrogen and oxygen atoms in total. The van der Waals surface area contributed by atoms with E-state index >= 15 is 0 Å². The topological polar surface area (TPSA) is 26.3 Å². The predicted molar refractivity (Wildman–Crippen MR) is 110 cm³/mol. The van der Waals surface area contributed by atoms with E-state index in [4.69, 9.17) is 4.74 Å². The highest BCUT2D eigenvalue weighted by Gasteiger charge is 2.22. The van der Waals surface area contributed by atoms with Crippen LogP contribution in [0.5, 0.6) is 0 Å². The second-order valence-corrected chi connectivity index (χ2v) is 6.30. The molecule has 0 amide bonds. The van der Waals surface area contributed by atoms with E-state index in [1.807, 2.05) is 48.5 Å². The van der Waals surface area contributed by atoms with E-state index in [2.05, 4.69) is 48.7 Å². The Morgan fingerprint density at radius 1 is 0.778 bits per heavy atom. The summed E-state index contributed by atoms with van der Waals surface area (Å²) in [6.07, 6.45) is 0.697. The van der Waals surface area contributed by atoms with Crippen LogP contribution in [-0.2, 0) is 9.53 Å². The van der Waals surface area contributed by atoms with Gasteiger partial charge in [0.25, 0.3) is 0 Å². The number of hydrogen-bond donors (Lipinski definition) is 0. The predicted octanol–water partition coefficient (Wildman–Crippen LogP) is 5.97. The smallest absolute Gasteiger partial charge is 0.339 e. The first kappa shape index (κ1) is 16.8. The van der Waals surface area contributed by atoms with Crippen molar-refractivity contribution in [1.29, 1.82) is 0 Å². The van der Waals surface area contributed by atoms with Crippen LogP contribution in [0, 0.1) is 0 Å². The maximum Gasteiger partial charge on any atom is 0.339 e. The first-order valence-electron chi connectivity index (χ1n) is 8.79. The third-order valence-electron chi connectivity index (χ3n) is 4.67. The Morgan fingerprint density at radius 3 is 1.78 bits per heavy atom. The van der Waals surface area contributed by atoms with Crippen molar-refractivity contribution in [2.75, 3.05) is 0 Å². The molecule has 0 aromatic heterocycles. The minimum Gasteiger partial charge on any atom is -0.449 e. The lowest BCUT2D eigenvalue weighted by Crippen LogP contribution is -2.11. The lowest BCUT2D eigenvalue weighted by molar-refractivity contribution is -0.141. The van der Waals surface area contributed by atoms with Gasteiger partial charge in [0.2, 0.25) is 0 Å². The zero-order chi connectivity index (χ0) is 18.6. The molecule has 0 aliphatic rings. The summed E-state index contributed by atoms with van der Waals surface area (Å²) in [6, 6.07) is 28.4. The minimum absolute atomic E-state index is 0.462. The molecule has 0 N–H and O–H groups in total. The molecule has 0 spiro atoms. The lowest BCUT2D eigenvalue weighted by atomic mass is 9.92. The van der Waals surface area contributed by atoms with Crippen molar-refractivity contribution in [3.63, 3.8) is 0 Å². The summed E-state index contributed by atoms with van der Waals surface area (Å²) in [5.41, 5.74) is 4.41. The number of ether oxygens (including phenoxy) is 1. The molecule has 0 heterocycles. The molecular formula is C25H18O2. The Balaban J connectivity index is 1.96. The third-order valence-corrected chi connectivity index (χ3v) is 4.67. The molecule has 2 heteroatoms. The van der Waals surface area contributed by atoms with Gasteiger partial charge in [0.15, 0.2) is 6.10 Å². The van der Waals surface area contributed by atoms with Crippen molar-refractivity contribution in [1.82, 2.24) is 0 Å². The largest absolute Gasteiger partial charge is 0.449 e. The fourth-order valence-corrected chi connectivity index (χ4v) is 3.49. The third kappa shape index (κ3) is 3.27. The number of fused-ring (bicyclic) bond motifs is 2. The summed E-state index contributed by atoms with van der Waals surface area (Å²) in [4.78, 5) is 12.3. The second-order valence-electron chi connectivity index (χ2n) is 6.30. The summed E-state index contributed by atoms with van der Waals surface area (Å²) >= 11 is 0. The SMILES string of the molecule is C=C=CC(=O)OC(c1cccc2ccccc12)c1cccc2ccccc12. The molecule has 0 fully saturated rings. The van der Waals surface area contributed by atoms with E-state index in [1.54, 1.807) is 0 Å². The van der Waals surface area contributed by atoms with Crippen LogP contribution in [0.15, 0.2) is 103 Å². The average Bonchev–Trinajstić information content (AvgIpc) is 2.72. The Hall–Kier alpha value is -3.61. The number of hydrogen-bond acceptors (Lipinski definition) is 2. The van der Waals surface area contributed by atoms with Gasteiger partial charge in [-0.1, -0.05) is 91.5 Å². The van der Waals surface area contributed by atoms with Gasteiger partial charge in [0, 0.05) is 11.1 Å². The second kappa shape index (κ2) is 7.33. The zero-order valence-electron chi connectivity index (χ0n) is 14.8. The van der Waals surface area contributed by atoms with Gasteiger partial charge in [0.1, 0.15) is 0 Å². The van der Waals surface area contributed by atoms with Crippen molar-refractivity contribution < 1.29 is 9.53 Å². The van der Waals surface area contributed by atoms with Crippen LogP contribution in [0.25, 0.3) is 21.5 Å². The van der Waals surface area contributed by atoms with Crippen molar-refractivity contribution in [3.8, 4) is 0 Å².